The summed E-state index contributed by atoms with van der Waals surface area (Å²) in [5.41, 5.74) is 1.97. The van der Waals surface area contributed by atoms with Gasteiger partial charge in [-0.3, -0.25) is 4.90 Å². The molecule has 2 fully saturated rings. The lowest BCUT2D eigenvalue weighted by Gasteiger charge is -2.22. The van der Waals surface area contributed by atoms with Gasteiger partial charge in [-0.05, 0) is 23.4 Å². The molecule has 16 heavy (non-hydrogen) atoms. The molecular weight excluding hydrogens is 196 g/mol. The van der Waals surface area contributed by atoms with E-state index >= 15 is 0 Å². The Labute approximate surface area is 97.6 Å². The number of fused-ring (bicyclic) bond motifs is 1. The zero-order valence-corrected chi connectivity index (χ0v) is 9.95. The second-order valence-corrected chi connectivity index (χ2v) is 5.64. The average Bonchev–Trinajstić information content (AvgIpc) is 2.74. The summed E-state index contributed by atoms with van der Waals surface area (Å²) in [7, 11) is 0. The summed E-state index contributed by atoms with van der Waals surface area (Å²) in [5, 5.41) is 3.52. The van der Waals surface area contributed by atoms with Crippen LogP contribution in [0.3, 0.4) is 0 Å². The second-order valence-electron chi connectivity index (χ2n) is 5.64. The van der Waals surface area contributed by atoms with Crippen LogP contribution in [0.1, 0.15) is 12.5 Å². The highest BCUT2D eigenvalue weighted by molar-refractivity contribution is 5.15. The van der Waals surface area contributed by atoms with Crippen molar-refractivity contribution >= 4 is 0 Å². The summed E-state index contributed by atoms with van der Waals surface area (Å²) in [5.74, 6) is 0.858. The maximum atomic E-state index is 3.52. The van der Waals surface area contributed by atoms with Crippen LogP contribution in [0.2, 0.25) is 0 Å². The molecule has 0 aliphatic carbocycles. The molecule has 2 atom stereocenters. The summed E-state index contributed by atoms with van der Waals surface area (Å²) in [4.78, 5) is 2.61. The fourth-order valence-corrected chi connectivity index (χ4v) is 3.24. The van der Waals surface area contributed by atoms with E-state index in [9.17, 15) is 0 Å². The molecule has 1 aromatic carbocycles. The van der Waals surface area contributed by atoms with Crippen molar-refractivity contribution in [2.45, 2.75) is 13.5 Å². The SMILES string of the molecule is C[C@@]12CNC[C@@H]1CN(Cc1ccccc1)C2. The Bertz CT molecular complexity index is 362. The molecule has 0 bridgehead atoms. The summed E-state index contributed by atoms with van der Waals surface area (Å²) in [6.07, 6.45) is 0. The van der Waals surface area contributed by atoms with Crippen LogP contribution in [0, 0.1) is 11.3 Å². The van der Waals surface area contributed by atoms with Gasteiger partial charge in [-0.25, -0.2) is 0 Å². The fourth-order valence-electron chi connectivity index (χ4n) is 3.24. The standard InChI is InChI=1S/C14H20N2/c1-14-10-15-7-13(14)9-16(11-14)8-12-5-3-2-4-6-12/h2-6,13,15H,7-11H2,1H3/t13-,14+/m1/s1. The van der Waals surface area contributed by atoms with Crippen LogP contribution < -0.4 is 5.32 Å². The summed E-state index contributed by atoms with van der Waals surface area (Å²) in [6.45, 7) is 8.47. The summed E-state index contributed by atoms with van der Waals surface area (Å²) < 4.78 is 0. The monoisotopic (exact) mass is 216 g/mol. The number of nitrogens with zero attached hydrogens (tertiary/aromatic N) is 1. The van der Waals surface area contributed by atoms with Crippen LogP contribution in [0.25, 0.3) is 0 Å². The van der Waals surface area contributed by atoms with E-state index < -0.39 is 0 Å². The van der Waals surface area contributed by atoms with Gasteiger partial charge in [0, 0.05) is 26.2 Å². The second kappa shape index (κ2) is 3.86. The van der Waals surface area contributed by atoms with Crippen LogP contribution in [-0.2, 0) is 6.54 Å². The lowest BCUT2D eigenvalue weighted by molar-refractivity contribution is 0.272. The van der Waals surface area contributed by atoms with Gasteiger partial charge in [0.15, 0.2) is 0 Å². The normalized spacial score (nSPS) is 34.2. The smallest absolute Gasteiger partial charge is 0.0234 e. The van der Waals surface area contributed by atoms with Crippen LogP contribution in [0.15, 0.2) is 30.3 Å². The molecule has 0 radical (unpaired) electrons. The first-order valence-corrected chi connectivity index (χ1v) is 6.23. The van der Waals surface area contributed by atoms with E-state index in [4.69, 9.17) is 0 Å². The number of nitrogens with one attached hydrogen (secondary N) is 1. The van der Waals surface area contributed by atoms with Crippen LogP contribution in [0.4, 0.5) is 0 Å². The van der Waals surface area contributed by atoms with Crippen molar-refractivity contribution in [1.29, 1.82) is 0 Å². The van der Waals surface area contributed by atoms with E-state index in [1.54, 1.807) is 0 Å². The van der Waals surface area contributed by atoms with Crippen molar-refractivity contribution in [2.24, 2.45) is 11.3 Å². The molecular formula is C14H20N2. The van der Waals surface area contributed by atoms with Gasteiger partial charge in [-0.1, -0.05) is 37.3 Å². The zero-order chi connectivity index (χ0) is 11.0. The lowest BCUT2D eigenvalue weighted by Crippen LogP contribution is -2.29. The Morgan fingerprint density at radius 2 is 2.19 bits per heavy atom. The largest absolute Gasteiger partial charge is 0.316 e. The molecule has 1 aromatic rings. The number of rotatable bonds is 2. The highest BCUT2D eigenvalue weighted by atomic mass is 15.2. The van der Waals surface area contributed by atoms with E-state index in [-0.39, 0.29) is 0 Å². The molecule has 86 valence electrons. The minimum atomic E-state index is 0.523. The maximum Gasteiger partial charge on any atom is 0.0234 e. The molecule has 2 aliphatic heterocycles. The molecule has 2 aliphatic rings. The molecule has 0 amide bonds. The lowest BCUT2D eigenvalue weighted by atomic mass is 9.83. The van der Waals surface area contributed by atoms with Crippen molar-refractivity contribution in [3.05, 3.63) is 35.9 Å². The first kappa shape index (κ1) is 10.3. The predicted molar refractivity (Wildman–Crippen MR) is 66.2 cm³/mol. The van der Waals surface area contributed by atoms with E-state index in [0.717, 1.165) is 12.5 Å². The molecule has 0 saturated carbocycles. The van der Waals surface area contributed by atoms with Gasteiger partial charge in [0.05, 0.1) is 0 Å². The Balaban J connectivity index is 1.67. The van der Waals surface area contributed by atoms with Crippen molar-refractivity contribution in [1.82, 2.24) is 10.2 Å². The van der Waals surface area contributed by atoms with Crippen LogP contribution >= 0.6 is 0 Å². The Hall–Kier alpha value is -0.860. The first-order chi connectivity index (χ1) is 7.76. The van der Waals surface area contributed by atoms with Crippen molar-refractivity contribution in [2.75, 3.05) is 26.2 Å². The minimum Gasteiger partial charge on any atom is -0.316 e. The van der Waals surface area contributed by atoms with E-state index in [0.29, 0.717) is 5.41 Å². The van der Waals surface area contributed by atoms with Gasteiger partial charge in [0.1, 0.15) is 0 Å². The van der Waals surface area contributed by atoms with E-state index in [1.807, 2.05) is 0 Å². The molecule has 2 saturated heterocycles. The molecule has 0 aromatic heterocycles. The van der Waals surface area contributed by atoms with Crippen molar-refractivity contribution in [3.8, 4) is 0 Å². The highest BCUT2D eigenvalue weighted by Crippen LogP contribution is 2.38. The number of benzene rings is 1. The van der Waals surface area contributed by atoms with Gasteiger partial charge >= 0.3 is 0 Å². The third kappa shape index (κ3) is 1.76. The van der Waals surface area contributed by atoms with E-state index in [1.165, 1.54) is 31.7 Å². The average molecular weight is 216 g/mol. The molecule has 2 nitrogen and oxygen atoms in total. The van der Waals surface area contributed by atoms with Gasteiger partial charge < -0.3 is 5.32 Å². The number of likely N-dealkylation sites (tertiary alicyclic amines) is 1. The predicted octanol–water partition coefficient (Wildman–Crippen LogP) is 1.73. The Morgan fingerprint density at radius 1 is 1.38 bits per heavy atom. The van der Waals surface area contributed by atoms with Crippen LogP contribution in [0.5, 0.6) is 0 Å². The van der Waals surface area contributed by atoms with Gasteiger partial charge in [-0.15, -0.1) is 0 Å². The highest BCUT2D eigenvalue weighted by Gasteiger charge is 2.45. The molecule has 1 N–H and O–H groups in total. The summed E-state index contributed by atoms with van der Waals surface area (Å²) in [6, 6.07) is 10.8. The zero-order valence-electron chi connectivity index (χ0n) is 9.95. The third-order valence-electron chi connectivity index (χ3n) is 4.22. The topological polar surface area (TPSA) is 15.3 Å². The minimum absolute atomic E-state index is 0.523. The van der Waals surface area contributed by atoms with Gasteiger partial charge in [0.2, 0.25) is 0 Å². The first-order valence-electron chi connectivity index (χ1n) is 6.23. The van der Waals surface area contributed by atoms with Gasteiger partial charge in [0.25, 0.3) is 0 Å². The molecule has 2 heteroatoms. The Morgan fingerprint density at radius 3 is 2.94 bits per heavy atom. The fraction of sp³-hybridized carbons (Fsp3) is 0.571. The molecule has 0 unspecified atom stereocenters. The van der Waals surface area contributed by atoms with Crippen LogP contribution in [-0.4, -0.2) is 31.1 Å². The maximum absolute atomic E-state index is 3.52. The molecule has 2 heterocycles. The molecule has 0 spiro atoms. The van der Waals surface area contributed by atoms with Gasteiger partial charge in [-0.2, -0.15) is 0 Å². The van der Waals surface area contributed by atoms with E-state index in [2.05, 4.69) is 47.5 Å². The third-order valence-corrected chi connectivity index (χ3v) is 4.22. The van der Waals surface area contributed by atoms with Crippen molar-refractivity contribution in [3.63, 3.8) is 0 Å². The summed E-state index contributed by atoms with van der Waals surface area (Å²) >= 11 is 0. The number of hydrogen-bond donors (Lipinski definition) is 1. The number of hydrogen-bond acceptors (Lipinski definition) is 2. The van der Waals surface area contributed by atoms with Crippen molar-refractivity contribution < 1.29 is 0 Å². The molecule has 3 rings (SSSR count). The Kier molecular flexibility index (Phi) is 2.49. The quantitative estimate of drug-likeness (QED) is 0.810.